The minimum atomic E-state index is -0.209. The van der Waals surface area contributed by atoms with Gasteiger partial charge in [-0.25, -0.2) is 0 Å². The Kier molecular flexibility index (Phi) is 3.72. The molecule has 1 atom stereocenters. The molecule has 0 aliphatic carbocycles. The lowest BCUT2D eigenvalue weighted by atomic mass is 9.81. The molecular weight excluding hydrogens is 250 g/mol. The lowest BCUT2D eigenvalue weighted by Crippen LogP contribution is -2.48. The predicted molar refractivity (Wildman–Crippen MR) is 72.6 cm³/mol. The summed E-state index contributed by atoms with van der Waals surface area (Å²) >= 11 is 6.26. The molecule has 18 heavy (non-hydrogen) atoms. The molecule has 0 spiro atoms. The highest BCUT2D eigenvalue weighted by Gasteiger charge is 2.34. The fraction of sp³-hybridized carbons (Fsp3) is 0.769. The van der Waals surface area contributed by atoms with Crippen LogP contribution in [0.15, 0.2) is 0 Å². The quantitative estimate of drug-likeness (QED) is 0.894. The second-order valence-corrected chi connectivity index (χ2v) is 6.34. The van der Waals surface area contributed by atoms with Crippen molar-refractivity contribution in [1.29, 1.82) is 0 Å². The highest BCUT2D eigenvalue weighted by molar-refractivity contribution is 6.30. The van der Waals surface area contributed by atoms with E-state index in [-0.39, 0.29) is 11.5 Å². The summed E-state index contributed by atoms with van der Waals surface area (Å²) in [7, 11) is 1.86. The first-order valence-electron chi connectivity index (χ1n) is 6.39. The molecule has 0 radical (unpaired) electrons. The molecule has 1 fully saturated rings. The molecule has 1 aliphatic rings. The maximum Gasteiger partial charge on any atom is 0.131 e. The van der Waals surface area contributed by atoms with E-state index in [0.717, 1.165) is 42.5 Å². The van der Waals surface area contributed by atoms with Crippen LogP contribution in [0.5, 0.6) is 0 Å². The van der Waals surface area contributed by atoms with Crippen LogP contribution in [-0.2, 0) is 13.6 Å². The molecule has 4 nitrogen and oxygen atoms in total. The van der Waals surface area contributed by atoms with Gasteiger partial charge in [-0.05, 0) is 13.3 Å². The van der Waals surface area contributed by atoms with Crippen LogP contribution in [0.1, 0.15) is 31.5 Å². The number of piperidine rings is 1. The Morgan fingerprint density at radius 1 is 1.50 bits per heavy atom. The summed E-state index contributed by atoms with van der Waals surface area (Å²) in [6.07, 6.45) is 0.614. The van der Waals surface area contributed by atoms with Gasteiger partial charge >= 0.3 is 0 Å². The van der Waals surface area contributed by atoms with Gasteiger partial charge in [0.15, 0.2) is 0 Å². The smallest absolute Gasteiger partial charge is 0.131 e. The predicted octanol–water partition coefficient (Wildman–Crippen LogP) is 1.97. The van der Waals surface area contributed by atoms with Gasteiger partial charge in [0.05, 0.1) is 11.8 Å². The number of hydrogen-bond donors (Lipinski definition) is 1. The molecule has 0 amide bonds. The van der Waals surface area contributed by atoms with Crippen LogP contribution in [0.25, 0.3) is 0 Å². The van der Waals surface area contributed by atoms with Gasteiger partial charge in [-0.3, -0.25) is 9.58 Å². The third kappa shape index (κ3) is 2.56. The average Bonchev–Trinajstić information content (AvgIpc) is 2.50. The first kappa shape index (κ1) is 13.8. The molecule has 1 aromatic rings. The van der Waals surface area contributed by atoms with Crippen LogP contribution in [0.2, 0.25) is 5.15 Å². The van der Waals surface area contributed by atoms with E-state index in [9.17, 15) is 5.11 Å². The Hall–Kier alpha value is -0.580. The molecule has 102 valence electrons. The lowest BCUT2D eigenvalue weighted by Gasteiger charge is -2.41. The van der Waals surface area contributed by atoms with Gasteiger partial charge in [0.25, 0.3) is 0 Å². The molecule has 1 aliphatic heterocycles. The fourth-order valence-electron chi connectivity index (χ4n) is 2.67. The summed E-state index contributed by atoms with van der Waals surface area (Å²) in [5.41, 5.74) is 2.04. The SMILES string of the molecule is Cc1nn(C)c(Cl)c1CN1CCC(O)C(C)(C)C1. The maximum atomic E-state index is 9.96. The van der Waals surface area contributed by atoms with Crippen molar-refractivity contribution >= 4 is 11.6 Å². The van der Waals surface area contributed by atoms with Gasteiger partial charge in [-0.1, -0.05) is 25.4 Å². The minimum absolute atomic E-state index is 0.0547. The van der Waals surface area contributed by atoms with Crippen molar-refractivity contribution in [2.45, 2.75) is 39.8 Å². The molecule has 0 aromatic carbocycles. The van der Waals surface area contributed by atoms with Gasteiger partial charge in [0.1, 0.15) is 5.15 Å². The number of aliphatic hydroxyl groups is 1. The molecule has 2 rings (SSSR count). The van der Waals surface area contributed by atoms with Crippen LogP contribution < -0.4 is 0 Å². The van der Waals surface area contributed by atoms with Gasteiger partial charge in [0.2, 0.25) is 0 Å². The van der Waals surface area contributed by atoms with Crippen LogP contribution in [0.4, 0.5) is 0 Å². The van der Waals surface area contributed by atoms with Crippen LogP contribution in [0.3, 0.4) is 0 Å². The number of rotatable bonds is 2. The Morgan fingerprint density at radius 2 is 2.17 bits per heavy atom. The van der Waals surface area contributed by atoms with E-state index in [4.69, 9.17) is 11.6 Å². The van der Waals surface area contributed by atoms with Crippen molar-refractivity contribution in [3.8, 4) is 0 Å². The van der Waals surface area contributed by atoms with E-state index in [1.165, 1.54) is 0 Å². The van der Waals surface area contributed by atoms with E-state index in [1.54, 1.807) is 4.68 Å². The third-order valence-corrected chi connectivity index (χ3v) is 4.38. The number of aromatic nitrogens is 2. The van der Waals surface area contributed by atoms with E-state index in [0.29, 0.717) is 0 Å². The zero-order valence-corrected chi connectivity index (χ0v) is 12.3. The van der Waals surface area contributed by atoms with Gasteiger partial charge < -0.3 is 5.11 Å². The topological polar surface area (TPSA) is 41.3 Å². The number of hydrogen-bond acceptors (Lipinski definition) is 3. The average molecular weight is 272 g/mol. The van der Waals surface area contributed by atoms with Crippen molar-refractivity contribution in [3.05, 3.63) is 16.4 Å². The second-order valence-electron chi connectivity index (χ2n) is 5.98. The van der Waals surface area contributed by atoms with E-state index in [2.05, 4.69) is 23.8 Å². The zero-order chi connectivity index (χ0) is 13.5. The Morgan fingerprint density at radius 3 is 2.67 bits per heavy atom. The molecule has 1 aromatic heterocycles. The molecule has 0 saturated carbocycles. The van der Waals surface area contributed by atoms with Crippen LogP contribution in [0, 0.1) is 12.3 Å². The van der Waals surface area contributed by atoms with Gasteiger partial charge in [0, 0.05) is 37.7 Å². The monoisotopic (exact) mass is 271 g/mol. The highest BCUT2D eigenvalue weighted by Crippen LogP contribution is 2.31. The standard InChI is InChI=1S/C13H22ClN3O/c1-9-10(12(14)16(4)15-9)7-17-6-5-11(18)13(2,3)8-17/h11,18H,5-8H2,1-4H3. The summed E-state index contributed by atoms with van der Waals surface area (Å²) in [5, 5.41) is 15.0. The molecule has 0 bridgehead atoms. The Labute approximate surface area is 114 Å². The van der Waals surface area contributed by atoms with Crippen LogP contribution >= 0.6 is 11.6 Å². The number of aryl methyl sites for hydroxylation is 2. The van der Waals surface area contributed by atoms with Crippen molar-refractivity contribution in [2.24, 2.45) is 12.5 Å². The number of aliphatic hydroxyl groups excluding tert-OH is 1. The largest absolute Gasteiger partial charge is 0.392 e. The highest BCUT2D eigenvalue weighted by atomic mass is 35.5. The fourth-order valence-corrected chi connectivity index (χ4v) is 2.90. The summed E-state index contributed by atoms with van der Waals surface area (Å²) < 4.78 is 1.72. The number of nitrogens with zero attached hydrogens (tertiary/aromatic N) is 3. The summed E-state index contributed by atoms with van der Waals surface area (Å²) in [4.78, 5) is 2.35. The molecular formula is C13H22ClN3O. The lowest BCUT2D eigenvalue weighted by molar-refractivity contribution is -0.0270. The number of halogens is 1. The van der Waals surface area contributed by atoms with Gasteiger partial charge in [-0.15, -0.1) is 0 Å². The number of likely N-dealkylation sites (tertiary alicyclic amines) is 1. The van der Waals surface area contributed by atoms with E-state index in [1.807, 2.05) is 14.0 Å². The summed E-state index contributed by atoms with van der Waals surface area (Å²) in [6, 6.07) is 0. The van der Waals surface area contributed by atoms with Crippen molar-refractivity contribution in [2.75, 3.05) is 13.1 Å². The molecule has 1 N–H and O–H groups in total. The molecule has 5 heteroatoms. The molecule has 1 saturated heterocycles. The van der Waals surface area contributed by atoms with E-state index < -0.39 is 0 Å². The third-order valence-electron chi connectivity index (χ3n) is 3.90. The van der Waals surface area contributed by atoms with Crippen LogP contribution in [-0.4, -0.2) is 39.0 Å². The van der Waals surface area contributed by atoms with Crippen molar-refractivity contribution < 1.29 is 5.11 Å². The molecule has 1 unspecified atom stereocenters. The second kappa shape index (κ2) is 4.83. The maximum absolute atomic E-state index is 9.96. The summed E-state index contributed by atoms with van der Waals surface area (Å²) in [5.74, 6) is 0. The van der Waals surface area contributed by atoms with E-state index >= 15 is 0 Å². The molecule has 2 heterocycles. The van der Waals surface area contributed by atoms with Gasteiger partial charge in [-0.2, -0.15) is 5.10 Å². The summed E-state index contributed by atoms with van der Waals surface area (Å²) in [6.45, 7) is 8.83. The Bertz CT molecular complexity index is 442. The normalized spacial score (nSPS) is 24.4. The first-order chi connectivity index (χ1) is 8.31. The Balaban J connectivity index is 2.11. The zero-order valence-electron chi connectivity index (χ0n) is 11.6. The van der Waals surface area contributed by atoms with Crippen molar-refractivity contribution in [1.82, 2.24) is 14.7 Å². The first-order valence-corrected chi connectivity index (χ1v) is 6.77. The minimum Gasteiger partial charge on any atom is -0.392 e. The van der Waals surface area contributed by atoms with Crippen molar-refractivity contribution in [3.63, 3.8) is 0 Å².